The Labute approximate surface area is 62.5 Å². The molecule has 0 saturated carbocycles. The predicted molar refractivity (Wildman–Crippen MR) is 40.0 cm³/mol. The molecule has 1 heterocycles. The molecular formula is C8H16O2. The van der Waals surface area contributed by atoms with E-state index in [0.29, 0.717) is 5.41 Å². The van der Waals surface area contributed by atoms with E-state index in [4.69, 9.17) is 9.47 Å². The fraction of sp³-hybridized carbons (Fsp3) is 1.00. The summed E-state index contributed by atoms with van der Waals surface area (Å²) in [5.74, 6) is 0. The first kappa shape index (κ1) is 8.02. The van der Waals surface area contributed by atoms with E-state index in [1.807, 2.05) is 0 Å². The van der Waals surface area contributed by atoms with Gasteiger partial charge in [-0.15, -0.1) is 0 Å². The SMILES string of the molecule is CCC1(CCOC)COC1. The summed E-state index contributed by atoms with van der Waals surface area (Å²) in [6.07, 6.45) is 2.37. The fourth-order valence-electron chi connectivity index (χ4n) is 1.23. The average Bonchev–Trinajstić information content (AvgIpc) is 1.87. The molecule has 1 aliphatic rings. The smallest absolute Gasteiger partial charge is 0.0545 e. The first-order valence-corrected chi connectivity index (χ1v) is 3.90. The maximum absolute atomic E-state index is 5.17. The van der Waals surface area contributed by atoms with Gasteiger partial charge in [-0.1, -0.05) is 6.92 Å². The molecule has 1 rings (SSSR count). The van der Waals surface area contributed by atoms with Crippen LogP contribution in [0.4, 0.5) is 0 Å². The highest BCUT2D eigenvalue weighted by Crippen LogP contribution is 2.34. The largest absolute Gasteiger partial charge is 0.385 e. The molecule has 0 aromatic heterocycles. The van der Waals surface area contributed by atoms with E-state index >= 15 is 0 Å². The zero-order valence-corrected chi connectivity index (χ0v) is 6.85. The molecular weight excluding hydrogens is 128 g/mol. The molecule has 0 aliphatic carbocycles. The summed E-state index contributed by atoms with van der Waals surface area (Å²) in [6, 6.07) is 0. The Bertz CT molecular complexity index is 91.9. The van der Waals surface area contributed by atoms with Crippen molar-refractivity contribution in [3.05, 3.63) is 0 Å². The molecule has 0 N–H and O–H groups in total. The van der Waals surface area contributed by atoms with Crippen LogP contribution in [-0.4, -0.2) is 26.9 Å². The van der Waals surface area contributed by atoms with Gasteiger partial charge in [0, 0.05) is 19.1 Å². The van der Waals surface area contributed by atoms with Crippen molar-refractivity contribution < 1.29 is 9.47 Å². The third-order valence-electron chi connectivity index (χ3n) is 2.40. The van der Waals surface area contributed by atoms with Gasteiger partial charge in [-0.05, 0) is 12.8 Å². The minimum atomic E-state index is 0.468. The second-order valence-corrected chi connectivity index (χ2v) is 3.09. The third-order valence-corrected chi connectivity index (χ3v) is 2.40. The minimum Gasteiger partial charge on any atom is -0.385 e. The van der Waals surface area contributed by atoms with Crippen molar-refractivity contribution in [1.82, 2.24) is 0 Å². The van der Waals surface area contributed by atoms with Gasteiger partial charge in [-0.25, -0.2) is 0 Å². The lowest BCUT2D eigenvalue weighted by molar-refractivity contribution is -0.126. The predicted octanol–water partition coefficient (Wildman–Crippen LogP) is 1.45. The molecule has 1 saturated heterocycles. The van der Waals surface area contributed by atoms with E-state index in [9.17, 15) is 0 Å². The molecule has 60 valence electrons. The molecule has 0 radical (unpaired) electrons. The number of rotatable bonds is 4. The van der Waals surface area contributed by atoms with Crippen molar-refractivity contribution in [2.45, 2.75) is 19.8 Å². The van der Waals surface area contributed by atoms with Gasteiger partial charge >= 0.3 is 0 Å². The molecule has 0 atom stereocenters. The Morgan fingerprint density at radius 3 is 2.50 bits per heavy atom. The zero-order valence-electron chi connectivity index (χ0n) is 6.85. The van der Waals surface area contributed by atoms with Crippen LogP contribution in [0.25, 0.3) is 0 Å². The highest BCUT2D eigenvalue weighted by molar-refractivity contribution is 4.83. The van der Waals surface area contributed by atoms with E-state index in [2.05, 4.69) is 6.92 Å². The first-order valence-electron chi connectivity index (χ1n) is 3.90. The summed E-state index contributed by atoms with van der Waals surface area (Å²) in [7, 11) is 1.75. The Morgan fingerprint density at radius 1 is 1.50 bits per heavy atom. The quantitative estimate of drug-likeness (QED) is 0.594. The Balaban J connectivity index is 2.20. The highest BCUT2D eigenvalue weighted by atomic mass is 16.5. The van der Waals surface area contributed by atoms with Gasteiger partial charge in [0.25, 0.3) is 0 Å². The number of hydrogen-bond acceptors (Lipinski definition) is 2. The van der Waals surface area contributed by atoms with Gasteiger partial charge in [-0.3, -0.25) is 0 Å². The molecule has 1 fully saturated rings. The lowest BCUT2D eigenvalue weighted by Crippen LogP contribution is -2.42. The van der Waals surface area contributed by atoms with Crippen molar-refractivity contribution in [3.8, 4) is 0 Å². The lowest BCUT2D eigenvalue weighted by atomic mass is 9.80. The fourth-order valence-corrected chi connectivity index (χ4v) is 1.23. The van der Waals surface area contributed by atoms with E-state index in [-0.39, 0.29) is 0 Å². The average molecular weight is 144 g/mol. The molecule has 0 spiro atoms. The van der Waals surface area contributed by atoms with Crippen LogP contribution in [0.3, 0.4) is 0 Å². The highest BCUT2D eigenvalue weighted by Gasteiger charge is 2.35. The van der Waals surface area contributed by atoms with Gasteiger partial charge in [0.1, 0.15) is 0 Å². The zero-order chi connectivity index (χ0) is 7.45. The van der Waals surface area contributed by atoms with Gasteiger partial charge < -0.3 is 9.47 Å². The summed E-state index contributed by atoms with van der Waals surface area (Å²) in [5.41, 5.74) is 0.468. The second-order valence-electron chi connectivity index (χ2n) is 3.09. The number of methoxy groups -OCH3 is 1. The third kappa shape index (κ3) is 1.50. The molecule has 0 unspecified atom stereocenters. The summed E-state index contributed by atoms with van der Waals surface area (Å²) in [6.45, 7) is 4.97. The summed E-state index contributed by atoms with van der Waals surface area (Å²) >= 11 is 0. The van der Waals surface area contributed by atoms with Crippen LogP contribution < -0.4 is 0 Å². The Kier molecular flexibility index (Phi) is 2.69. The number of hydrogen-bond donors (Lipinski definition) is 0. The van der Waals surface area contributed by atoms with Crippen LogP contribution in [0.5, 0.6) is 0 Å². The molecule has 0 amide bonds. The summed E-state index contributed by atoms with van der Waals surface area (Å²) in [4.78, 5) is 0. The maximum Gasteiger partial charge on any atom is 0.0545 e. The first-order chi connectivity index (χ1) is 4.83. The standard InChI is InChI=1S/C8H16O2/c1-3-8(4-5-9-2)6-10-7-8/h3-7H2,1-2H3. The van der Waals surface area contributed by atoms with Crippen LogP contribution in [0, 0.1) is 5.41 Å². The monoisotopic (exact) mass is 144 g/mol. The molecule has 2 heteroatoms. The van der Waals surface area contributed by atoms with Gasteiger partial charge in [0.2, 0.25) is 0 Å². The molecule has 2 nitrogen and oxygen atoms in total. The van der Waals surface area contributed by atoms with Crippen LogP contribution in [0.15, 0.2) is 0 Å². The van der Waals surface area contributed by atoms with E-state index in [1.165, 1.54) is 6.42 Å². The molecule has 1 aliphatic heterocycles. The lowest BCUT2D eigenvalue weighted by Gasteiger charge is -2.40. The summed E-state index contributed by atoms with van der Waals surface area (Å²) < 4.78 is 10.2. The normalized spacial score (nSPS) is 22.2. The van der Waals surface area contributed by atoms with Crippen molar-refractivity contribution >= 4 is 0 Å². The van der Waals surface area contributed by atoms with Gasteiger partial charge in [0.15, 0.2) is 0 Å². The van der Waals surface area contributed by atoms with E-state index in [0.717, 1.165) is 26.2 Å². The van der Waals surface area contributed by atoms with Crippen molar-refractivity contribution in [2.24, 2.45) is 5.41 Å². The van der Waals surface area contributed by atoms with E-state index in [1.54, 1.807) is 7.11 Å². The molecule has 0 aromatic carbocycles. The van der Waals surface area contributed by atoms with Gasteiger partial charge in [-0.2, -0.15) is 0 Å². The number of ether oxygens (including phenoxy) is 2. The summed E-state index contributed by atoms with van der Waals surface area (Å²) in [5, 5.41) is 0. The van der Waals surface area contributed by atoms with Crippen LogP contribution >= 0.6 is 0 Å². The van der Waals surface area contributed by atoms with Crippen molar-refractivity contribution in [1.29, 1.82) is 0 Å². The van der Waals surface area contributed by atoms with Gasteiger partial charge in [0.05, 0.1) is 13.2 Å². The van der Waals surface area contributed by atoms with Crippen LogP contribution in [0.1, 0.15) is 19.8 Å². The van der Waals surface area contributed by atoms with Crippen LogP contribution in [-0.2, 0) is 9.47 Å². The topological polar surface area (TPSA) is 18.5 Å². The maximum atomic E-state index is 5.17. The van der Waals surface area contributed by atoms with Crippen molar-refractivity contribution in [3.63, 3.8) is 0 Å². The Hall–Kier alpha value is -0.0800. The Morgan fingerprint density at radius 2 is 2.20 bits per heavy atom. The molecule has 0 bridgehead atoms. The molecule has 0 aromatic rings. The van der Waals surface area contributed by atoms with Crippen LogP contribution in [0.2, 0.25) is 0 Å². The molecule has 10 heavy (non-hydrogen) atoms. The minimum absolute atomic E-state index is 0.468. The van der Waals surface area contributed by atoms with Crippen molar-refractivity contribution in [2.75, 3.05) is 26.9 Å². The van der Waals surface area contributed by atoms with E-state index < -0.39 is 0 Å². The second kappa shape index (κ2) is 3.35.